The van der Waals surface area contributed by atoms with E-state index in [0.29, 0.717) is 16.5 Å². The Kier molecular flexibility index (Phi) is 3.68. The van der Waals surface area contributed by atoms with Gasteiger partial charge in [0.05, 0.1) is 23.2 Å². The van der Waals surface area contributed by atoms with Gasteiger partial charge in [-0.1, -0.05) is 29.8 Å². The number of carbonyl (C=O) groups excluding carboxylic acids is 1. The third kappa shape index (κ3) is 2.60. The van der Waals surface area contributed by atoms with Crippen molar-refractivity contribution in [2.24, 2.45) is 0 Å². The normalized spacial score (nSPS) is 13.5. The molecule has 3 rings (SSSR count). The molecule has 0 atom stereocenters. The van der Waals surface area contributed by atoms with Gasteiger partial charge in [-0.25, -0.2) is 0 Å². The molecule has 0 saturated carbocycles. The molecule has 0 N–H and O–H groups in total. The third-order valence-electron chi connectivity index (χ3n) is 3.38. The van der Waals surface area contributed by atoms with Crippen LogP contribution < -0.4 is 9.64 Å². The molecule has 0 saturated heterocycles. The number of rotatable bonds is 3. The van der Waals surface area contributed by atoms with Crippen LogP contribution in [0.25, 0.3) is 0 Å². The fourth-order valence-electron chi connectivity index (χ4n) is 2.28. The Morgan fingerprint density at radius 3 is 2.77 bits per heavy atom. The molecule has 0 bridgehead atoms. The van der Waals surface area contributed by atoms with Crippen molar-refractivity contribution in [2.45, 2.75) is 6.54 Å². The maximum absolute atomic E-state index is 12.1. The fraction of sp³-hybridized carbons (Fsp3) is 0.133. The standard InChI is InChI=1S/C15H11ClN2O4/c16-12-4-2-1-3-10(12)8-17-13-6-5-11(18(20)21)7-14(13)22-9-15(17)19/h1-7H,8-9H2. The van der Waals surface area contributed by atoms with Crippen molar-refractivity contribution < 1.29 is 14.5 Å². The summed E-state index contributed by atoms with van der Waals surface area (Å²) in [6, 6.07) is 11.4. The topological polar surface area (TPSA) is 72.7 Å². The second-order valence-electron chi connectivity index (χ2n) is 4.77. The first-order valence-electron chi connectivity index (χ1n) is 6.51. The monoisotopic (exact) mass is 318 g/mol. The zero-order valence-electron chi connectivity index (χ0n) is 11.4. The van der Waals surface area contributed by atoms with Crippen molar-refractivity contribution in [3.63, 3.8) is 0 Å². The average Bonchev–Trinajstić information content (AvgIpc) is 2.51. The highest BCUT2D eigenvalue weighted by molar-refractivity contribution is 6.31. The van der Waals surface area contributed by atoms with E-state index < -0.39 is 4.92 Å². The number of hydrogen-bond acceptors (Lipinski definition) is 4. The Morgan fingerprint density at radius 2 is 2.05 bits per heavy atom. The minimum atomic E-state index is -0.502. The van der Waals surface area contributed by atoms with E-state index in [-0.39, 0.29) is 24.7 Å². The molecule has 7 heteroatoms. The molecule has 0 spiro atoms. The molecule has 1 amide bonds. The van der Waals surface area contributed by atoms with Crippen LogP contribution in [0.2, 0.25) is 5.02 Å². The van der Waals surface area contributed by atoms with E-state index >= 15 is 0 Å². The maximum atomic E-state index is 12.1. The number of amides is 1. The number of benzene rings is 2. The fourth-order valence-corrected chi connectivity index (χ4v) is 2.47. The van der Waals surface area contributed by atoms with Gasteiger partial charge in [-0.2, -0.15) is 0 Å². The SMILES string of the molecule is O=C1COc2cc([N+](=O)[O-])ccc2N1Cc1ccccc1Cl. The van der Waals surface area contributed by atoms with Crippen LogP contribution in [-0.2, 0) is 11.3 Å². The summed E-state index contributed by atoms with van der Waals surface area (Å²) in [6.45, 7) is 0.130. The number of fused-ring (bicyclic) bond motifs is 1. The molecule has 0 radical (unpaired) electrons. The summed E-state index contributed by atoms with van der Waals surface area (Å²) in [7, 11) is 0. The Balaban J connectivity index is 1.97. The number of hydrogen-bond donors (Lipinski definition) is 0. The van der Waals surface area contributed by atoms with Gasteiger partial charge in [0.1, 0.15) is 0 Å². The zero-order chi connectivity index (χ0) is 15.7. The molecule has 0 aromatic heterocycles. The van der Waals surface area contributed by atoms with Gasteiger partial charge in [-0.15, -0.1) is 0 Å². The Hall–Kier alpha value is -2.60. The summed E-state index contributed by atoms with van der Waals surface area (Å²) in [5.74, 6) is 0.0992. The van der Waals surface area contributed by atoms with Crippen LogP contribution in [-0.4, -0.2) is 17.4 Å². The van der Waals surface area contributed by atoms with Gasteiger partial charge in [0.15, 0.2) is 12.4 Å². The quantitative estimate of drug-likeness (QED) is 0.643. The number of carbonyl (C=O) groups is 1. The van der Waals surface area contributed by atoms with Gasteiger partial charge < -0.3 is 9.64 Å². The Labute approximate surface area is 131 Å². The van der Waals surface area contributed by atoms with Crippen LogP contribution >= 0.6 is 11.6 Å². The molecule has 0 fully saturated rings. The highest BCUT2D eigenvalue weighted by Gasteiger charge is 2.27. The van der Waals surface area contributed by atoms with E-state index in [1.165, 1.54) is 23.1 Å². The van der Waals surface area contributed by atoms with Gasteiger partial charge in [0.25, 0.3) is 11.6 Å². The smallest absolute Gasteiger partial charge is 0.273 e. The van der Waals surface area contributed by atoms with Crippen molar-refractivity contribution in [2.75, 3.05) is 11.5 Å². The number of nitrogens with zero attached hydrogens (tertiary/aromatic N) is 2. The molecule has 2 aromatic rings. The van der Waals surface area contributed by atoms with Crippen LogP contribution in [0.4, 0.5) is 11.4 Å². The summed E-state index contributed by atoms with van der Waals surface area (Å²) in [4.78, 5) is 24.0. The van der Waals surface area contributed by atoms with Gasteiger partial charge in [0.2, 0.25) is 0 Å². The Bertz CT molecular complexity index is 763. The van der Waals surface area contributed by atoms with Crippen LogP contribution in [0.5, 0.6) is 5.75 Å². The largest absolute Gasteiger partial charge is 0.481 e. The predicted octanol–water partition coefficient (Wildman–Crippen LogP) is 3.17. The van der Waals surface area contributed by atoms with Crippen LogP contribution in [0, 0.1) is 10.1 Å². The van der Waals surface area contributed by atoms with Gasteiger partial charge in [-0.3, -0.25) is 14.9 Å². The van der Waals surface area contributed by atoms with Gasteiger partial charge >= 0.3 is 0 Å². The van der Waals surface area contributed by atoms with E-state index in [4.69, 9.17) is 16.3 Å². The van der Waals surface area contributed by atoms with Crippen LogP contribution in [0.15, 0.2) is 42.5 Å². The van der Waals surface area contributed by atoms with Crippen molar-refractivity contribution >= 4 is 28.9 Å². The zero-order valence-corrected chi connectivity index (χ0v) is 12.1. The second kappa shape index (κ2) is 5.65. The van der Waals surface area contributed by atoms with Crippen molar-refractivity contribution in [1.82, 2.24) is 0 Å². The first-order chi connectivity index (χ1) is 10.6. The lowest BCUT2D eigenvalue weighted by Gasteiger charge is -2.29. The van der Waals surface area contributed by atoms with Gasteiger partial charge in [0, 0.05) is 11.1 Å². The highest BCUT2D eigenvalue weighted by atomic mass is 35.5. The van der Waals surface area contributed by atoms with Crippen molar-refractivity contribution in [1.29, 1.82) is 0 Å². The first kappa shape index (κ1) is 14.3. The number of non-ortho nitro benzene ring substituents is 1. The van der Waals surface area contributed by atoms with Crippen molar-refractivity contribution in [3.8, 4) is 5.75 Å². The lowest BCUT2D eigenvalue weighted by molar-refractivity contribution is -0.384. The van der Waals surface area contributed by atoms with E-state index in [9.17, 15) is 14.9 Å². The van der Waals surface area contributed by atoms with Crippen LogP contribution in [0.3, 0.4) is 0 Å². The summed E-state index contributed by atoms with van der Waals surface area (Å²) < 4.78 is 5.30. The molecule has 1 heterocycles. The summed E-state index contributed by atoms with van der Waals surface area (Å²) in [5, 5.41) is 11.4. The van der Waals surface area contributed by atoms with E-state index in [1.54, 1.807) is 6.07 Å². The molecular formula is C15H11ClN2O4. The molecule has 0 unspecified atom stereocenters. The molecule has 2 aromatic carbocycles. The number of anilines is 1. The lowest BCUT2D eigenvalue weighted by Crippen LogP contribution is -2.38. The molecule has 6 nitrogen and oxygen atoms in total. The average molecular weight is 319 g/mol. The van der Waals surface area contributed by atoms with E-state index in [0.717, 1.165) is 5.56 Å². The molecule has 112 valence electrons. The number of ether oxygens (including phenoxy) is 1. The molecular weight excluding hydrogens is 308 g/mol. The maximum Gasteiger partial charge on any atom is 0.273 e. The number of halogens is 1. The Morgan fingerprint density at radius 1 is 1.27 bits per heavy atom. The molecule has 0 aliphatic carbocycles. The lowest BCUT2D eigenvalue weighted by atomic mass is 10.1. The third-order valence-corrected chi connectivity index (χ3v) is 3.75. The summed E-state index contributed by atoms with van der Waals surface area (Å²) in [5.41, 5.74) is 1.22. The predicted molar refractivity (Wildman–Crippen MR) is 81.2 cm³/mol. The van der Waals surface area contributed by atoms with Crippen molar-refractivity contribution in [3.05, 3.63) is 63.2 Å². The van der Waals surface area contributed by atoms with Gasteiger partial charge in [-0.05, 0) is 17.7 Å². The molecule has 22 heavy (non-hydrogen) atoms. The highest BCUT2D eigenvalue weighted by Crippen LogP contribution is 2.36. The van der Waals surface area contributed by atoms with Crippen LogP contribution in [0.1, 0.15) is 5.56 Å². The first-order valence-corrected chi connectivity index (χ1v) is 6.89. The summed E-state index contributed by atoms with van der Waals surface area (Å²) >= 11 is 6.13. The minimum absolute atomic E-state index is 0.0780. The van der Waals surface area contributed by atoms with E-state index in [1.807, 2.05) is 18.2 Å². The van der Waals surface area contributed by atoms with E-state index in [2.05, 4.69) is 0 Å². The summed E-state index contributed by atoms with van der Waals surface area (Å²) in [6.07, 6.45) is 0. The molecule has 1 aliphatic rings. The minimum Gasteiger partial charge on any atom is -0.481 e. The number of nitro benzene ring substituents is 1. The second-order valence-corrected chi connectivity index (χ2v) is 5.18. The number of nitro groups is 1. The molecule has 1 aliphatic heterocycles.